The van der Waals surface area contributed by atoms with Gasteiger partial charge in [0.1, 0.15) is 0 Å². The minimum atomic E-state index is 0.367. The molecular formula is C12H23NO. The summed E-state index contributed by atoms with van der Waals surface area (Å²) in [5.41, 5.74) is 0. The Morgan fingerprint density at radius 3 is 2.71 bits per heavy atom. The van der Waals surface area contributed by atoms with Gasteiger partial charge in [-0.3, -0.25) is 4.79 Å². The number of carbonyl (C=O) groups is 1. The predicted molar refractivity (Wildman–Crippen MR) is 59.1 cm³/mol. The van der Waals surface area contributed by atoms with Gasteiger partial charge in [-0.1, -0.05) is 13.8 Å². The first-order valence-electron chi connectivity index (χ1n) is 5.90. The maximum absolute atomic E-state index is 11.8. The van der Waals surface area contributed by atoms with Gasteiger partial charge in [0.2, 0.25) is 5.91 Å². The van der Waals surface area contributed by atoms with Crippen LogP contribution in [0.15, 0.2) is 0 Å². The summed E-state index contributed by atoms with van der Waals surface area (Å²) in [6.45, 7) is 7.50. The largest absolute Gasteiger partial charge is 0.340 e. The predicted octanol–water partition coefficient (Wildman–Crippen LogP) is 2.82. The Bertz CT molecular complexity index is 189. The molecule has 2 heteroatoms. The van der Waals surface area contributed by atoms with Crippen LogP contribution in [0, 0.1) is 5.92 Å². The van der Waals surface area contributed by atoms with E-state index in [2.05, 4.69) is 25.7 Å². The third-order valence-electron chi connectivity index (χ3n) is 3.06. The molecule has 82 valence electrons. The Labute approximate surface area is 87.7 Å². The molecule has 0 unspecified atom stereocenters. The van der Waals surface area contributed by atoms with Crippen LogP contribution in [0.4, 0.5) is 0 Å². The molecule has 0 aromatic rings. The number of likely N-dealkylation sites (tertiary alicyclic amines) is 1. The standard InChI is InChI=1S/C12H23NO/c1-10(2)7-8-12(14)13-9-5-4-6-11(13)3/h10-11H,4-9H2,1-3H3/t11-/m1/s1. The smallest absolute Gasteiger partial charge is 0.222 e. The molecule has 0 aliphatic carbocycles. The molecule has 0 radical (unpaired) electrons. The lowest BCUT2D eigenvalue weighted by Gasteiger charge is -2.33. The molecule has 2 nitrogen and oxygen atoms in total. The number of rotatable bonds is 3. The second-order valence-electron chi connectivity index (χ2n) is 4.86. The average molecular weight is 197 g/mol. The Morgan fingerprint density at radius 2 is 2.14 bits per heavy atom. The minimum absolute atomic E-state index is 0.367. The van der Waals surface area contributed by atoms with Crippen LogP contribution in [0.1, 0.15) is 52.9 Å². The number of amides is 1. The van der Waals surface area contributed by atoms with E-state index in [1.54, 1.807) is 0 Å². The summed E-state index contributed by atoms with van der Waals surface area (Å²) in [5, 5.41) is 0. The molecule has 1 rings (SSSR count). The van der Waals surface area contributed by atoms with E-state index in [-0.39, 0.29) is 0 Å². The summed E-state index contributed by atoms with van der Waals surface area (Å²) < 4.78 is 0. The van der Waals surface area contributed by atoms with Crippen LogP contribution in [-0.2, 0) is 4.79 Å². The monoisotopic (exact) mass is 197 g/mol. The molecule has 1 fully saturated rings. The molecule has 1 atom stereocenters. The van der Waals surface area contributed by atoms with Crippen molar-refractivity contribution in [3.8, 4) is 0 Å². The van der Waals surface area contributed by atoms with Crippen molar-refractivity contribution in [3.63, 3.8) is 0 Å². The third-order valence-corrected chi connectivity index (χ3v) is 3.06. The summed E-state index contributed by atoms with van der Waals surface area (Å²) in [7, 11) is 0. The molecule has 0 aromatic carbocycles. The second kappa shape index (κ2) is 5.38. The minimum Gasteiger partial charge on any atom is -0.340 e. The van der Waals surface area contributed by atoms with Gasteiger partial charge in [-0.15, -0.1) is 0 Å². The first-order chi connectivity index (χ1) is 6.61. The molecule has 1 aliphatic rings. The summed E-state index contributed by atoms with van der Waals surface area (Å²) in [5.74, 6) is 1.00. The highest BCUT2D eigenvalue weighted by molar-refractivity contribution is 5.76. The first-order valence-corrected chi connectivity index (χ1v) is 5.90. The van der Waals surface area contributed by atoms with Crippen molar-refractivity contribution in [1.29, 1.82) is 0 Å². The summed E-state index contributed by atoms with van der Waals surface area (Å²) in [4.78, 5) is 13.9. The Morgan fingerprint density at radius 1 is 1.43 bits per heavy atom. The maximum atomic E-state index is 11.8. The fraction of sp³-hybridized carbons (Fsp3) is 0.917. The van der Waals surface area contributed by atoms with Crippen molar-refractivity contribution in [2.45, 2.75) is 58.9 Å². The zero-order chi connectivity index (χ0) is 10.6. The topological polar surface area (TPSA) is 20.3 Å². The van der Waals surface area contributed by atoms with E-state index in [1.807, 2.05) is 0 Å². The van der Waals surface area contributed by atoms with Gasteiger partial charge in [0.25, 0.3) is 0 Å². The van der Waals surface area contributed by atoms with Crippen molar-refractivity contribution in [2.75, 3.05) is 6.54 Å². The Hall–Kier alpha value is -0.530. The highest BCUT2D eigenvalue weighted by Crippen LogP contribution is 2.18. The summed E-state index contributed by atoms with van der Waals surface area (Å²) >= 11 is 0. The van der Waals surface area contributed by atoms with E-state index >= 15 is 0 Å². The van der Waals surface area contributed by atoms with Crippen molar-refractivity contribution >= 4 is 5.91 Å². The normalized spacial score (nSPS) is 22.9. The second-order valence-corrected chi connectivity index (χ2v) is 4.86. The molecule has 0 saturated carbocycles. The molecule has 0 aromatic heterocycles. The van der Waals surface area contributed by atoms with E-state index in [4.69, 9.17) is 0 Å². The number of hydrogen-bond donors (Lipinski definition) is 0. The van der Waals surface area contributed by atoms with E-state index in [0.29, 0.717) is 17.9 Å². The summed E-state index contributed by atoms with van der Waals surface area (Å²) in [6.07, 6.45) is 5.43. The zero-order valence-corrected chi connectivity index (χ0v) is 9.75. The third kappa shape index (κ3) is 3.32. The molecule has 0 N–H and O–H groups in total. The van der Waals surface area contributed by atoms with Crippen LogP contribution < -0.4 is 0 Å². The Kier molecular flexibility index (Phi) is 4.43. The highest BCUT2D eigenvalue weighted by atomic mass is 16.2. The van der Waals surface area contributed by atoms with Crippen molar-refractivity contribution in [3.05, 3.63) is 0 Å². The maximum Gasteiger partial charge on any atom is 0.222 e. The fourth-order valence-electron chi connectivity index (χ4n) is 2.02. The van der Waals surface area contributed by atoms with Crippen molar-refractivity contribution < 1.29 is 4.79 Å². The van der Waals surface area contributed by atoms with E-state index in [1.165, 1.54) is 19.3 Å². The van der Waals surface area contributed by atoms with Gasteiger partial charge >= 0.3 is 0 Å². The lowest BCUT2D eigenvalue weighted by molar-refractivity contribution is -0.134. The van der Waals surface area contributed by atoms with Gasteiger partial charge in [0.05, 0.1) is 0 Å². The fourth-order valence-corrected chi connectivity index (χ4v) is 2.02. The average Bonchev–Trinajstić information content (AvgIpc) is 2.15. The van der Waals surface area contributed by atoms with Crippen LogP contribution >= 0.6 is 0 Å². The van der Waals surface area contributed by atoms with E-state index in [0.717, 1.165) is 19.4 Å². The van der Waals surface area contributed by atoms with E-state index in [9.17, 15) is 4.79 Å². The first kappa shape index (κ1) is 11.5. The lowest BCUT2D eigenvalue weighted by atomic mass is 10.0. The van der Waals surface area contributed by atoms with Gasteiger partial charge in [0.15, 0.2) is 0 Å². The molecule has 0 spiro atoms. The summed E-state index contributed by atoms with van der Waals surface area (Å²) in [6, 6.07) is 0.475. The number of hydrogen-bond acceptors (Lipinski definition) is 1. The molecule has 1 heterocycles. The molecule has 1 aliphatic heterocycles. The van der Waals surface area contributed by atoms with Crippen molar-refractivity contribution in [1.82, 2.24) is 4.90 Å². The van der Waals surface area contributed by atoms with Gasteiger partial charge < -0.3 is 4.90 Å². The quantitative estimate of drug-likeness (QED) is 0.681. The van der Waals surface area contributed by atoms with Crippen LogP contribution in [0.5, 0.6) is 0 Å². The molecule has 0 bridgehead atoms. The van der Waals surface area contributed by atoms with Gasteiger partial charge in [0, 0.05) is 19.0 Å². The molecule has 1 amide bonds. The lowest BCUT2D eigenvalue weighted by Crippen LogP contribution is -2.42. The van der Waals surface area contributed by atoms with Crippen LogP contribution in [0.3, 0.4) is 0 Å². The van der Waals surface area contributed by atoms with Crippen LogP contribution in [0.25, 0.3) is 0 Å². The highest BCUT2D eigenvalue weighted by Gasteiger charge is 2.22. The van der Waals surface area contributed by atoms with Crippen molar-refractivity contribution in [2.24, 2.45) is 5.92 Å². The van der Waals surface area contributed by atoms with Crippen LogP contribution in [0.2, 0.25) is 0 Å². The van der Waals surface area contributed by atoms with Gasteiger partial charge in [-0.2, -0.15) is 0 Å². The number of nitrogens with zero attached hydrogens (tertiary/aromatic N) is 1. The van der Waals surface area contributed by atoms with E-state index < -0.39 is 0 Å². The molecule has 14 heavy (non-hydrogen) atoms. The van der Waals surface area contributed by atoms with Gasteiger partial charge in [-0.25, -0.2) is 0 Å². The SMILES string of the molecule is CC(C)CCC(=O)N1CCCC[C@H]1C. The van der Waals surface area contributed by atoms with Gasteiger partial charge in [-0.05, 0) is 38.5 Å². The Balaban J connectivity index is 2.34. The zero-order valence-electron chi connectivity index (χ0n) is 9.75. The van der Waals surface area contributed by atoms with Crippen LogP contribution in [-0.4, -0.2) is 23.4 Å². The molecular weight excluding hydrogens is 174 g/mol. The number of carbonyl (C=O) groups excluding carboxylic acids is 1. The number of piperidine rings is 1. The molecule has 1 saturated heterocycles.